The summed E-state index contributed by atoms with van der Waals surface area (Å²) in [7, 11) is 0. The first-order valence-corrected chi connectivity index (χ1v) is 8.19. The lowest BCUT2D eigenvalue weighted by molar-refractivity contribution is -0.115. The van der Waals surface area contributed by atoms with E-state index in [1.54, 1.807) is 18.2 Å². The first-order chi connectivity index (χ1) is 12.7. The smallest absolute Gasteiger partial charge is 0.252 e. The average molecular weight is 343 g/mol. The van der Waals surface area contributed by atoms with Crippen LogP contribution in [0.15, 0.2) is 66.7 Å². The van der Waals surface area contributed by atoms with Crippen LogP contribution < -0.4 is 10.6 Å². The van der Waals surface area contributed by atoms with Crippen LogP contribution in [0, 0.1) is 11.3 Å². The summed E-state index contributed by atoms with van der Waals surface area (Å²) in [4.78, 5) is 24.3. The molecule has 128 valence electrons. The van der Waals surface area contributed by atoms with Crippen LogP contribution in [0.3, 0.4) is 0 Å². The fraction of sp³-hybridized carbons (Fsp3) is 0.0952. The SMILES string of the molecule is N#CCC(=O)Nc1ccccc1CNC(=O)c1cccc2ccccc12. The van der Waals surface area contributed by atoms with Crippen molar-refractivity contribution in [2.75, 3.05) is 5.32 Å². The van der Waals surface area contributed by atoms with Gasteiger partial charge in [0.25, 0.3) is 5.91 Å². The molecule has 5 heteroatoms. The molecule has 0 aliphatic heterocycles. The molecule has 0 aromatic heterocycles. The third-order valence-electron chi connectivity index (χ3n) is 4.00. The summed E-state index contributed by atoms with van der Waals surface area (Å²) >= 11 is 0. The molecule has 0 bridgehead atoms. The number of nitrogens with zero attached hydrogens (tertiary/aromatic N) is 1. The molecule has 0 aliphatic rings. The van der Waals surface area contributed by atoms with Gasteiger partial charge in [0.15, 0.2) is 0 Å². The Balaban J connectivity index is 1.76. The van der Waals surface area contributed by atoms with E-state index >= 15 is 0 Å². The molecular weight excluding hydrogens is 326 g/mol. The van der Waals surface area contributed by atoms with Crippen LogP contribution in [-0.4, -0.2) is 11.8 Å². The van der Waals surface area contributed by atoms with Gasteiger partial charge < -0.3 is 10.6 Å². The highest BCUT2D eigenvalue weighted by Gasteiger charge is 2.11. The predicted molar refractivity (Wildman–Crippen MR) is 100 cm³/mol. The number of para-hydroxylation sites is 1. The Bertz CT molecular complexity index is 1000. The standard InChI is InChI=1S/C21H17N3O2/c22-13-12-20(25)24-19-11-4-2-7-16(19)14-23-21(26)18-10-5-8-15-6-1-3-9-17(15)18/h1-11H,12,14H2,(H,23,26)(H,24,25). The summed E-state index contributed by atoms with van der Waals surface area (Å²) in [5.74, 6) is -0.555. The zero-order chi connectivity index (χ0) is 18.4. The van der Waals surface area contributed by atoms with Crippen molar-refractivity contribution in [3.8, 4) is 6.07 Å². The summed E-state index contributed by atoms with van der Waals surface area (Å²) in [5, 5.41) is 16.1. The maximum absolute atomic E-state index is 12.6. The van der Waals surface area contributed by atoms with Gasteiger partial charge in [0.2, 0.25) is 5.91 Å². The molecule has 0 spiro atoms. The number of carbonyl (C=O) groups is 2. The van der Waals surface area contributed by atoms with Gasteiger partial charge in [-0.3, -0.25) is 9.59 Å². The van der Waals surface area contributed by atoms with E-state index in [1.807, 2.05) is 54.6 Å². The minimum absolute atomic E-state index is 0.181. The average Bonchev–Trinajstić information content (AvgIpc) is 2.67. The number of hydrogen-bond acceptors (Lipinski definition) is 3. The van der Waals surface area contributed by atoms with Crippen molar-refractivity contribution < 1.29 is 9.59 Å². The first kappa shape index (κ1) is 17.2. The Morgan fingerprint density at radius 2 is 1.65 bits per heavy atom. The predicted octanol–water partition coefficient (Wildman–Crippen LogP) is 3.62. The highest BCUT2D eigenvalue weighted by molar-refractivity contribution is 6.07. The molecule has 0 radical (unpaired) electrons. The van der Waals surface area contributed by atoms with Crippen LogP contribution in [0.25, 0.3) is 10.8 Å². The summed E-state index contributed by atoms with van der Waals surface area (Å²) < 4.78 is 0. The molecule has 5 nitrogen and oxygen atoms in total. The van der Waals surface area contributed by atoms with E-state index in [2.05, 4.69) is 10.6 Å². The van der Waals surface area contributed by atoms with Crippen LogP contribution in [0.1, 0.15) is 22.3 Å². The third kappa shape index (κ3) is 3.87. The number of benzene rings is 3. The molecule has 0 aliphatic carbocycles. The van der Waals surface area contributed by atoms with Gasteiger partial charge in [0.1, 0.15) is 6.42 Å². The van der Waals surface area contributed by atoms with E-state index in [4.69, 9.17) is 5.26 Å². The quantitative estimate of drug-likeness (QED) is 0.742. The Morgan fingerprint density at radius 1 is 0.923 bits per heavy atom. The highest BCUT2D eigenvalue weighted by atomic mass is 16.2. The molecule has 0 unspecified atom stereocenters. The molecule has 2 amide bonds. The maximum atomic E-state index is 12.6. The molecule has 0 saturated heterocycles. The van der Waals surface area contributed by atoms with Crippen molar-refractivity contribution >= 4 is 28.3 Å². The zero-order valence-electron chi connectivity index (χ0n) is 14.0. The van der Waals surface area contributed by atoms with Crippen molar-refractivity contribution in [3.05, 3.63) is 77.9 Å². The molecule has 26 heavy (non-hydrogen) atoms. The number of nitrogens with one attached hydrogen (secondary N) is 2. The Kier molecular flexibility index (Phi) is 5.25. The van der Waals surface area contributed by atoms with E-state index in [0.29, 0.717) is 11.3 Å². The van der Waals surface area contributed by atoms with Gasteiger partial charge in [-0.2, -0.15) is 5.26 Å². The first-order valence-electron chi connectivity index (χ1n) is 8.19. The van der Waals surface area contributed by atoms with E-state index in [9.17, 15) is 9.59 Å². The molecule has 3 rings (SSSR count). The van der Waals surface area contributed by atoms with Gasteiger partial charge in [0, 0.05) is 17.8 Å². The second-order valence-electron chi connectivity index (χ2n) is 5.75. The van der Waals surface area contributed by atoms with Crippen LogP contribution in [0.5, 0.6) is 0 Å². The number of anilines is 1. The number of amides is 2. The largest absolute Gasteiger partial charge is 0.348 e. The van der Waals surface area contributed by atoms with Crippen molar-refractivity contribution in [2.24, 2.45) is 0 Å². The molecule has 0 heterocycles. The van der Waals surface area contributed by atoms with E-state index in [-0.39, 0.29) is 24.8 Å². The number of hydrogen-bond donors (Lipinski definition) is 2. The lowest BCUT2D eigenvalue weighted by Crippen LogP contribution is -2.24. The summed E-state index contributed by atoms with van der Waals surface area (Å²) in [6.07, 6.45) is -0.212. The number of fused-ring (bicyclic) bond motifs is 1. The minimum Gasteiger partial charge on any atom is -0.348 e. The summed E-state index contributed by atoms with van der Waals surface area (Å²) in [6.45, 7) is 0.269. The number of nitriles is 1. The topological polar surface area (TPSA) is 82.0 Å². The van der Waals surface area contributed by atoms with Gasteiger partial charge in [-0.05, 0) is 28.5 Å². The van der Waals surface area contributed by atoms with Crippen LogP contribution >= 0.6 is 0 Å². The van der Waals surface area contributed by atoms with Crippen molar-refractivity contribution in [2.45, 2.75) is 13.0 Å². The highest BCUT2D eigenvalue weighted by Crippen LogP contribution is 2.19. The molecule has 2 N–H and O–H groups in total. The second kappa shape index (κ2) is 7.95. The van der Waals surface area contributed by atoms with Crippen molar-refractivity contribution in [3.63, 3.8) is 0 Å². The minimum atomic E-state index is -0.375. The zero-order valence-corrected chi connectivity index (χ0v) is 14.0. The van der Waals surface area contributed by atoms with Crippen molar-refractivity contribution in [1.29, 1.82) is 5.26 Å². The lowest BCUT2D eigenvalue weighted by Gasteiger charge is -2.12. The number of carbonyl (C=O) groups excluding carboxylic acids is 2. The third-order valence-corrected chi connectivity index (χ3v) is 4.00. The molecule has 3 aromatic carbocycles. The van der Waals surface area contributed by atoms with Gasteiger partial charge in [0.05, 0.1) is 6.07 Å². The number of rotatable bonds is 5. The van der Waals surface area contributed by atoms with Gasteiger partial charge in [-0.25, -0.2) is 0 Å². The van der Waals surface area contributed by atoms with E-state index < -0.39 is 0 Å². The second-order valence-corrected chi connectivity index (χ2v) is 5.75. The van der Waals surface area contributed by atoms with E-state index in [1.165, 1.54) is 0 Å². The van der Waals surface area contributed by atoms with Crippen LogP contribution in [0.2, 0.25) is 0 Å². The molecule has 3 aromatic rings. The summed E-state index contributed by atoms with van der Waals surface area (Å²) in [6, 6.07) is 22.3. The van der Waals surface area contributed by atoms with Crippen LogP contribution in [0.4, 0.5) is 5.69 Å². The van der Waals surface area contributed by atoms with Gasteiger partial charge in [-0.15, -0.1) is 0 Å². The normalized spacial score (nSPS) is 10.1. The van der Waals surface area contributed by atoms with E-state index in [0.717, 1.165) is 16.3 Å². The molecular formula is C21H17N3O2. The Hall–Kier alpha value is -3.65. The fourth-order valence-corrected chi connectivity index (χ4v) is 2.76. The molecule has 0 fully saturated rings. The van der Waals surface area contributed by atoms with Gasteiger partial charge >= 0.3 is 0 Å². The molecule has 0 saturated carbocycles. The fourth-order valence-electron chi connectivity index (χ4n) is 2.76. The summed E-state index contributed by atoms with van der Waals surface area (Å²) in [5.41, 5.74) is 1.97. The lowest BCUT2D eigenvalue weighted by atomic mass is 10.0. The van der Waals surface area contributed by atoms with Crippen LogP contribution in [-0.2, 0) is 11.3 Å². The molecule has 0 atom stereocenters. The maximum Gasteiger partial charge on any atom is 0.252 e. The van der Waals surface area contributed by atoms with Crippen molar-refractivity contribution in [1.82, 2.24) is 5.32 Å². The monoisotopic (exact) mass is 343 g/mol. The Labute approximate surface area is 151 Å². The van der Waals surface area contributed by atoms with Gasteiger partial charge in [-0.1, -0.05) is 54.6 Å². The Morgan fingerprint density at radius 3 is 2.50 bits per heavy atom.